The van der Waals surface area contributed by atoms with Gasteiger partial charge in [0, 0.05) is 18.1 Å². The number of nitrogens with one attached hydrogen (secondary N) is 2. The Labute approximate surface area is 124 Å². The standard InChI is InChI=1S/C16H17ClN2O/c17-15-8-6-13(7-9-15)10-11-18-16(20)19-12-14-4-2-1-3-5-14/h1-9H,10-12H2,(H2,18,19,20). The molecule has 2 aromatic carbocycles. The van der Waals surface area contributed by atoms with E-state index in [2.05, 4.69) is 10.6 Å². The van der Waals surface area contributed by atoms with E-state index in [1.165, 1.54) is 0 Å². The number of amides is 2. The Morgan fingerprint density at radius 2 is 1.60 bits per heavy atom. The number of rotatable bonds is 5. The molecule has 2 amide bonds. The first kappa shape index (κ1) is 14.4. The molecule has 0 saturated heterocycles. The maximum absolute atomic E-state index is 11.6. The van der Waals surface area contributed by atoms with E-state index in [1.54, 1.807) is 0 Å². The van der Waals surface area contributed by atoms with Gasteiger partial charge in [-0.1, -0.05) is 54.1 Å². The highest BCUT2D eigenvalue weighted by atomic mass is 35.5. The van der Waals surface area contributed by atoms with Gasteiger partial charge in [0.2, 0.25) is 0 Å². The molecule has 0 aliphatic rings. The second kappa shape index (κ2) is 7.56. The van der Waals surface area contributed by atoms with Gasteiger partial charge in [-0.25, -0.2) is 4.79 Å². The number of carbonyl (C=O) groups is 1. The van der Waals surface area contributed by atoms with Crippen molar-refractivity contribution in [1.29, 1.82) is 0 Å². The van der Waals surface area contributed by atoms with Gasteiger partial charge < -0.3 is 10.6 Å². The van der Waals surface area contributed by atoms with Gasteiger partial charge in [-0.15, -0.1) is 0 Å². The molecule has 0 saturated carbocycles. The number of carbonyl (C=O) groups excluding carboxylic acids is 1. The van der Waals surface area contributed by atoms with Crippen LogP contribution in [-0.4, -0.2) is 12.6 Å². The summed E-state index contributed by atoms with van der Waals surface area (Å²) in [5, 5.41) is 6.38. The fraction of sp³-hybridized carbons (Fsp3) is 0.188. The Kier molecular flexibility index (Phi) is 5.44. The zero-order valence-electron chi connectivity index (χ0n) is 11.1. The smallest absolute Gasteiger partial charge is 0.315 e. The summed E-state index contributed by atoms with van der Waals surface area (Å²) in [6.45, 7) is 1.13. The molecule has 2 rings (SSSR count). The lowest BCUT2D eigenvalue weighted by atomic mass is 10.1. The van der Waals surface area contributed by atoms with Gasteiger partial charge in [-0.05, 0) is 29.7 Å². The third-order valence-corrected chi connectivity index (χ3v) is 3.16. The van der Waals surface area contributed by atoms with Crippen LogP contribution in [0.25, 0.3) is 0 Å². The summed E-state index contributed by atoms with van der Waals surface area (Å²) in [5.74, 6) is 0. The fourth-order valence-corrected chi connectivity index (χ4v) is 1.94. The average Bonchev–Trinajstić information content (AvgIpc) is 2.48. The van der Waals surface area contributed by atoms with Crippen molar-refractivity contribution in [2.45, 2.75) is 13.0 Å². The van der Waals surface area contributed by atoms with E-state index in [1.807, 2.05) is 54.6 Å². The SMILES string of the molecule is O=C(NCCc1ccc(Cl)cc1)NCc1ccccc1. The van der Waals surface area contributed by atoms with Crippen molar-refractivity contribution in [1.82, 2.24) is 10.6 Å². The van der Waals surface area contributed by atoms with Crippen LogP contribution in [-0.2, 0) is 13.0 Å². The molecule has 104 valence electrons. The van der Waals surface area contributed by atoms with Gasteiger partial charge in [-0.2, -0.15) is 0 Å². The van der Waals surface area contributed by atoms with E-state index in [-0.39, 0.29) is 6.03 Å². The highest BCUT2D eigenvalue weighted by Crippen LogP contribution is 2.09. The second-order valence-corrected chi connectivity index (χ2v) is 4.91. The van der Waals surface area contributed by atoms with Gasteiger partial charge in [-0.3, -0.25) is 0 Å². The summed E-state index contributed by atoms with van der Waals surface area (Å²) in [4.78, 5) is 11.6. The summed E-state index contributed by atoms with van der Waals surface area (Å²) in [6.07, 6.45) is 0.788. The zero-order valence-corrected chi connectivity index (χ0v) is 11.9. The monoisotopic (exact) mass is 288 g/mol. The number of hydrogen-bond acceptors (Lipinski definition) is 1. The van der Waals surface area contributed by atoms with Crippen molar-refractivity contribution in [3.63, 3.8) is 0 Å². The Hall–Kier alpha value is -2.00. The van der Waals surface area contributed by atoms with Crippen molar-refractivity contribution in [2.75, 3.05) is 6.54 Å². The maximum atomic E-state index is 11.6. The van der Waals surface area contributed by atoms with E-state index < -0.39 is 0 Å². The van der Waals surface area contributed by atoms with Crippen LogP contribution in [0.3, 0.4) is 0 Å². The average molecular weight is 289 g/mol. The van der Waals surface area contributed by atoms with Crippen LogP contribution in [0.1, 0.15) is 11.1 Å². The summed E-state index contributed by atoms with van der Waals surface area (Å²) in [5.41, 5.74) is 2.23. The molecule has 0 aromatic heterocycles. The molecule has 2 N–H and O–H groups in total. The molecular formula is C16H17ClN2O. The Morgan fingerprint density at radius 3 is 2.30 bits per heavy atom. The lowest BCUT2D eigenvalue weighted by molar-refractivity contribution is 0.240. The topological polar surface area (TPSA) is 41.1 Å². The molecule has 0 aliphatic carbocycles. The molecule has 0 bridgehead atoms. The number of halogens is 1. The van der Waals surface area contributed by atoms with E-state index in [4.69, 9.17) is 11.6 Å². The van der Waals surface area contributed by atoms with Crippen LogP contribution in [0.4, 0.5) is 4.79 Å². The molecule has 0 heterocycles. The first-order valence-corrected chi connectivity index (χ1v) is 6.92. The largest absolute Gasteiger partial charge is 0.338 e. The Balaban J connectivity index is 1.66. The van der Waals surface area contributed by atoms with Crippen LogP contribution < -0.4 is 10.6 Å². The first-order valence-electron chi connectivity index (χ1n) is 6.54. The molecule has 0 radical (unpaired) electrons. The minimum Gasteiger partial charge on any atom is -0.338 e. The first-order chi connectivity index (χ1) is 9.74. The van der Waals surface area contributed by atoms with Gasteiger partial charge in [0.15, 0.2) is 0 Å². The molecule has 0 unspecified atom stereocenters. The van der Waals surface area contributed by atoms with Crippen molar-refractivity contribution < 1.29 is 4.79 Å². The molecule has 0 aliphatic heterocycles. The summed E-state index contributed by atoms with van der Waals surface area (Å²) < 4.78 is 0. The van der Waals surface area contributed by atoms with Gasteiger partial charge in [0.05, 0.1) is 0 Å². The Morgan fingerprint density at radius 1 is 0.900 bits per heavy atom. The van der Waals surface area contributed by atoms with Crippen molar-refractivity contribution >= 4 is 17.6 Å². The van der Waals surface area contributed by atoms with Crippen LogP contribution in [0.15, 0.2) is 54.6 Å². The van der Waals surface area contributed by atoms with Crippen LogP contribution in [0.2, 0.25) is 5.02 Å². The van der Waals surface area contributed by atoms with E-state index >= 15 is 0 Å². The van der Waals surface area contributed by atoms with Crippen LogP contribution in [0, 0.1) is 0 Å². The summed E-state index contributed by atoms with van der Waals surface area (Å²) in [7, 11) is 0. The quantitative estimate of drug-likeness (QED) is 0.870. The highest BCUT2D eigenvalue weighted by molar-refractivity contribution is 6.30. The van der Waals surface area contributed by atoms with Gasteiger partial charge in [0.25, 0.3) is 0 Å². The lowest BCUT2D eigenvalue weighted by Gasteiger charge is -2.07. The fourth-order valence-electron chi connectivity index (χ4n) is 1.81. The second-order valence-electron chi connectivity index (χ2n) is 4.47. The minimum absolute atomic E-state index is 0.150. The molecule has 3 nitrogen and oxygen atoms in total. The van der Waals surface area contributed by atoms with Gasteiger partial charge >= 0.3 is 6.03 Å². The molecule has 0 fully saturated rings. The summed E-state index contributed by atoms with van der Waals surface area (Å²) in [6, 6.07) is 17.3. The van der Waals surface area contributed by atoms with Crippen molar-refractivity contribution in [3.8, 4) is 0 Å². The van der Waals surface area contributed by atoms with E-state index in [0.29, 0.717) is 13.1 Å². The third-order valence-electron chi connectivity index (χ3n) is 2.91. The number of urea groups is 1. The highest BCUT2D eigenvalue weighted by Gasteiger charge is 2.00. The van der Waals surface area contributed by atoms with Crippen molar-refractivity contribution in [3.05, 3.63) is 70.7 Å². The van der Waals surface area contributed by atoms with Crippen LogP contribution >= 0.6 is 11.6 Å². The normalized spacial score (nSPS) is 10.1. The number of benzene rings is 2. The lowest BCUT2D eigenvalue weighted by Crippen LogP contribution is -2.36. The van der Waals surface area contributed by atoms with Crippen LogP contribution in [0.5, 0.6) is 0 Å². The van der Waals surface area contributed by atoms with E-state index in [9.17, 15) is 4.79 Å². The molecule has 4 heteroatoms. The predicted molar refractivity (Wildman–Crippen MR) is 81.8 cm³/mol. The van der Waals surface area contributed by atoms with Crippen molar-refractivity contribution in [2.24, 2.45) is 0 Å². The zero-order chi connectivity index (χ0) is 14.2. The molecule has 2 aromatic rings. The molecular weight excluding hydrogens is 272 g/mol. The van der Waals surface area contributed by atoms with Gasteiger partial charge in [0.1, 0.15) is 0 Å². The van der Waals surface area contributed by atoms with E-state index in [0.717, 1.165) is 22.6 Å². The molecule has 20 heavy (non-hydrogen) atoms. The molecule has 0 atom stereocenters. The predicted octanol–water partition coefficient (Wildman–Crippen LogP) is 3.38. The summed E-state index contributed by atoms with van der Waals surface area (Å²) >= 11 is 5.82. The third kappa shape index (κ3) is 4.94. The number of hydrogen-bond donors (Lipinski definition) is 2. The maximum Gasteiger partial charge on any atom is 0.315 e. The molecule has 0 spiro atoms. The minimum atomic E-state index is -0.150. The Bertz CT molecular complexity index is 540.